The molecule has 2 heterocycles. The van der Waals surface area contributed by atoms with E-state index in [4.69, 9.17) is 0 Å². The number of fused-ring (bicyclic) bond motifs is 1. The Hall–Kier alpha value is -3.49. The van der Waals surface area contributed by atoms with Crippen molar-refractivity contribution in [2.45, 2.75) is 29.1 Å². The SMILES string of the molecule is O=C(O)[C@H]1C(c2ccccc2)(c2ccccc2)S[C@@H]2CC(=O)[N+]21Cc1ccc([N+](=O)[O-])cc1. The molecule has 1 amide bonds. The molecule has 7 nitrogen and oxygen atoms in total. The van der Waals surface area contributed by atoms with Gasteiger partial charge in [-0.2, -0.15) is 0 Å². The molecule has 33 heavy (non-hydrogen) atoms. The number of non-ortho nitro benzene ring substituents is 1. The first-order valence-electron chi connectivity index (χ1n) is 10.6. The van der Waals surface area contributed by atoms with Crippen LogP contribution in [0.3, 0.4) is 0 Å². The maximum Gasteiger partial charge on any atom is 0.365 e. The highest BCUT2D eigenvalue weighted by atomic mass is 32.2. The number of amides is 1. The summed E-state index contributed by atoms with van der Waals surface area (Å²) in [4.78, 5) is 36.8. The quantitative estimate of drug-likeness (QED) is 0.254. The molecule has 0 aromatic heterocycles. The van der Waals surface area contributed by atoms with Gasteiger partial charge in [-0.3, -0.25) is 10.1 Å². The van der Waals surface area contributed by atoms with Gasteiger partial charge in [-0.25, -0.2) is 14.1 Å². The van der Waals surface area contributed by atoms with Gasteiger partial charge in [0.1, 0.15) is 17.7 Å². The first-order valence-corrected chi connectivity index (χ1v) is 11.4. The van der Waals surface area contributed by atoms with E-state index in [1.807, 2.05) is 60.7 Å². The van der Waals surface area contributed by atoms with Gasteiger partial charge in [0.05, 0.1) is 4.92 Å². The Morgan fingerprint density at radius 3 is 2.00 bits per heavy atom. The number of nitrogens with zero attached hydrogens (tertiary/aromatic N) is 2. The molecule has 3 aromatic rings. The molecule has 0 aliphatic carbocycles. The number of quaternary nitrogens is 1. The molecular formula is C25H21N2O5S+. The lowest BCUT2D eigenvalue weighted by Crippen LogP contribution is -2.71. The second kappa shape index (κ2) is 7.83. The minimum atomic E-state index is -1.05. The highest BCUT2D eigenvalue weighted by molar-refractivity contribution is 8.01. The van der Waals surface area contributed by atoms with Gasteiger partial charge >= 0.3 is 11.9 Å². The number of hydrogen-bond acceptors (Lipinski definition) is 5. The molecule has 2 saturated heterocycles. The fourth-order valence-electron chi connectivity index (χ4n) is 5.25. The van der Waals surface area contributed by atoms with Crippen molar-refractivity contribution >= 4 is 29.3 Å². The predicted molar refractivity (Wildman–Crippen MR) is 123 cm³/mol. The van der Waals surface area contributed by atoms with Gasteiger partial charge in [-0.1, -0.05) is 72.4 Å². The summed E-state index contributed by atoms with van der Waals surface area (Å²) in [5, 5.41) is 21.4. The van der Waals surface area contributed by atoms with Crippen molar-refractivity contribution in [2.75, 3.05) is 0 Å². The number of carboxylic acid groups (broad SMARTS) is 1. The Labute approximate surface area is 194 Å². The molecule has 8 heteroatoms. The summed E-state index contributed by atoms with van der Waals surface area (Å²) < 4.78 is -1.16. The van der Waals surface area contributed by atoms with Crippen LogP contribution in [0.5, 0.6) is 0 Å². The normalized spacial score (nSPS) is 25.2. The van der Waals surface area contributed by atoms with Crippen molar-refractivity contribution in [3.05, 3.63) is 112 Å². The third-order valence-corrected chi connectivity index (χ3v) is 8.61. The van der Waals surface area contributed by atoms with Crippen molar-refractivity contribution in [3.8, 4) is 0 Å². The molecule has 2 aliphatic rings. The molecule has 0 saturated carbocycles. The van der Waals surface area contributed by atoms with E-state index >= 15 is 0 Å². The summed E-state index contributed by atoms with van der Waals surface area (Å²) >= 11 is 1.54. The minimum absolute atomic E-state index is 0.0428. The van der Waals surface area contributed by atoms with Crippen LogP contribution >= 0.6 is 11.8 Å². The lowest BCUT2D eigenvalue weighted by Gasteiger charge is -2.47. The first-order chi connectivity index (χ1) is 15.9. The van der Waals surface area contributed by atoms with Gasteiger partial charge in [0.2, 0.25) is 6.04 Å². The number of benzene rings is 3. The predicted octanol–water partition coefficient (Wildman–Crippen LogP) is 4.31. The van der Waals surface area contributed by atoms with Gasteiger partial charge in [0.15, 0.2) is 5.37 Å². The number of thioether (sulfide) groups is 1. The van der Waals surface area contributed by atoms with E-state index < -0.39 is 21.7 Å². The summed E-state index contributed by atoms with van der Waals surface area (Å²) in [6.07, 6.45) is 0.294. The Balaban J connectivity index is 1.68. The lowest BCUT2D eigenvalue weighted by atomic mass is 9.80. The number of nitro benzene ring substituents is 1. The molecule has 1 unspecified atom stereocenters. The molecule has 0 bridgehead atoms. The number of carbonyl (C=O) groups excluding carboxylic acids is 1. The fraction of sp³-hybridized carbons (Fsp3) is 0.200. The molecule has 0 radical (unpaired) electrons. The van der Waals surface area contributed by atoms with Gasteiger partial charge in [-0.05, 0) is 23.3 Å². The molecular weight excluding hydrogens is 440 g/mol. The average Bonchev–Trinajstić information content (AvgIpc) is 3.07. The van der Waals surface area contributed by atoms with E-state index in [9.17, 15) is 24.8 Å². The van der Waals surface area contributed by atoms with Crippen LogP contribution in [-0.4, -0.2) is 37.8 Å². The van der Waals surface area contributed by atoms with Crippen molar-refractivity contribution in [1.82, 2.24) is 0 Å². The largest absolute Gasteiger partial charge is 0.477 e. The van der Waals surface area contributed by atoms with Gasteiger partial charge in [0.25, 0.3) is 5.69 Å². The van der Waals surface area contributed by atoms with Crippen LogP contribution in [0.15, 0.2) is 84.9 Å². The second-order valence-corrected chi connectivity index (χ2v) is 9.81. The number of aliphatic carboxylic acids is 1. The zero-order valence-corrected chi connectivity index (χ0v) is 18.4. The Kier molecular flexibility index (Phi) is 5.07. The maximum absolute atomic E-state index is 13.3. The smallest absolute Gasteiger partial charge is 0.365 e. The zero-order chi connectivity index (χ0) is 23.2. The average molecular weight is 462 g/mol. The second-order valence-electron chi connectivity index (χ2n) is 8.39. The lowest BCUT2D eigenvalue weighted by molar-refractivity contribution is -0.915. The fourth-order valence-corrected chi connectivity index (χ4v) is 7.37. The van der Waals surface area contributed by atoms with Crippen LogP contribution < -0.4 is 0 Å². The molecule has 2 fully saturated rings. The topological polar surface area (TPSA) is 97.5 Å². The molecule has 3 atom stereocenters. The maximum atomic E-state index is 13.3. The van der Waals surface area contributed by atoms with E-state index in [0.717, 1.165) is 11.1 Å². The number of carboxylic acids is 1. The first kappa shape index (κ1) is 21.4. The minimum Gasteiger partial charge on any atom is -0.477 e. The van der Waals surface area contributed by atoms with E-state index in [1.165, 1.54) is 12.1 Å². The van der Waals surface area contributed by atoms with Gasteiger partial charge in [0, 0.05) is 17.7 Å². The van der Waals surface area contributed by atoms with E-state index in [-0.39, 0.29) is 28.0 Å². The summed E-state index contributed by atoms with van der Waals surface area (Å²) in [5.41, 5.74) is 2.34. The van der Waals surface area contributed by atoms with Crippen molar-refractivity contribution in [2.24, 2.45) is 0 Å². The third-order valence-electron chi connectivity index (χ3n) is 6.73. The molecule has 0 spiro atoms. The Bertz CT molecular complexity index is 1190. The van der Waals surface area contributed by atoms with Crippen LogP contribution in [-0.2, 0) is 20.9 Å². The van der Waals surface area contributed by atoms with Crippen LogP contribution in [0, 0.1) is 10.1 Å². The standard InChI is InChI=1S/C25H20N2O5S/c28-21-15-22-27(21,16-17-11-13-20(14-12-17)26(31)32)23(24(29)30)25(33-22,18-7-3-1-4-8-18)19-9-5-2-6-10-19/h1-14,22-23H,15-16H2/p+1/t22-,23+,27?/m1/s1. The highest BCUT2D eigenvalue weighted by Crippen LogP contribution is 2.64. The van der Waals surface area contributed by atoms with Crippen molar-refractivity contribution in [3.63, 3.8) is 0 Å². The zero-order valence-electron chi connectivity index (χ0n) is 17.5. The summed E-state index contributed by atoms with van der Waals surface area (Å²) in [7, 11) is 0. The molecule has 166 valence electrons. The van der Waals surface area contributed by atoms with Crippen LogP contribution in [0.1, 0.15) is 23.1 Å². The Morgan fingerprint density at radius 1 is 1.00 bits per heavy atom. The van der Waals surface area contributed by atoms with Crippen molar-refractivity contribution in [1.29, 1.82) is 0 Å². The summed E-state index contributed by atoms with van der Waals surface area (Å²) in [5.74, 6) is -1.15. The van der Waals surface area contributed by atoms with Crippen LogP contribution in [0.25, 0.3) is 0 Å². The van der Waals surface area contributed by atoms with E-state index in [2.05, 4.69) is 0 Å². The van der Waals surface area contributed by atoms with E-state index in [0.29, 0.717) is 12.0 Å². The number of β-lactam (4-membered cyclic amide) rings is 1. The number of nitro groups is 1. The van der Waals surface area contributed by atoms with Gasteiger partial charge in [-0.15, -0.1) is 0 Å². The van der Waals surface area contributed by atoms with Crippen LogP contribution in [0.2, 0.25) is 0 Å². The van der Waals surface area contributed by atoms with Crippen molar-refractivity contribution < 1.29 is 24.1 Å². The van der Waals surface area contributed by atoms with Gasteiger partial charge < -0.3 is 5.11 Å². The molecule has 3 aromatic carbocycles. The molecule has 5 rings (SSSR count). The molecule has 2 aliphatic heterocycles. The monoisotopic (exact) mass is 461 g/mol. The summed E-state index contributed by atoms with van der Waals surface area (Å²) in [6.45, 7) is 0.173. The number of rotatable bonds is 6. The number of hydrogen-bond donors (Lipinski definition) is 1. The summed E-state index contributed by atoms with van der Waals surface area (Å²) in [6, 6.07) is 24.0. The van der Waals surface area contributed by atoms with E-state index in [1.54, 1.807) is 23.9 Å². The van der Waals surface area contributed by atoms with Crippen LogP contribution in [0.4, 0.5) is 5.69 Å². The third kappa shape index (κ3) is 3.09. The molecule has 1 N–H and O–H groups in total. The Morgan fingerprint density at radius 2 is 1.55 bits per heavy atom. The number of carbonyl (C=O) groups is 2. The highest BCUT2D eigenvalue weighted by Gasteiger charge is 2.76.